The molecule has 0 aliphatic rings. The Bertz CT molecular complexity index is 330. The van der Waals surface area contributed by atoms with E-state index in [0.29, 0.717) is 13.1 Å². The lowest BCUT2D eigenvalue weighted by Gasteiger charge is -2.15. The Morgan fingerprint density at radius 1 is 1.64 bits per heavy atom. The van der Waals surface area contributed by atoms with Crippen LogP contribution in [0.5, 0.6) is 0 Å². The molecular formula is C9H12FN3O. The van der Waals surface area contributed by atoms with Crippen molar-refractivity contribution in [1.29, 1.82) is 0 Å². The molecule has 0 atom stereocenters. The average molecular weight is 197 g/mol. The minimum Gasteiger partial charge on any atom is -0.340 e. The van der Waals surface area contributed by atoms with Crippen LogP contribution in [-0.4, -0.2) is 35.9 Å². The van der Waals surface area contributed by atoms with Crippen molar-refractivity contribution < 1.29 is 9.18 Å². The number of amides is 1. The molecule has 1 rings (SSSR count). The van der Waals surface area contributed by atoms with Crippen LogP contribution < -0.4 is 5.73 Å². The van der Waals surface area contributed by atoms with Crippen molar-refractivity contribution in [3.8, 4) is 0 Å². The van der Waals surface area contributed by atoms with Crippen molar-refractivity contribution in [1.82, 2.24) is 9.88 Å². The lowest BCUT2D eigenvalue weighted by Crippen LogP contribution is -2.31. The molecule has 1 heterocycles. The van der Waals surface area contributed by atoms with Gasteiger partial charge in [0.15, 0.2) is 0 Å². The van der Waals surface area contributed by atoms with E-state index in [4.69, 9.17) is 5.73 Å². The third-order valence-electron chi connectivity index (χ3n) is 1.76. The topological polar surface area (TPSA) is 59.2 Å². The lowest BCUT2D eigenvalue weighted by atomic mass is 10.2. The number of nitrogens with two attached hydrogens (primary N) is 1. The summed E-state index contributed by atoms with van der Waals surface area (Å²) in [5.41, 5.74) is 5.53. The Labute approximate surface area is 81.5 Å². The smallest absolute Gasteiger partial charge is 0.255 e. The number of rotatable bonds is 3. The Morgan fingerprint density at radius 2 is 2.36 bits per heavy atom. The quantitative estimate of drug-likeness (QED) is 0.755. The summed E-state index contributed by atoms with van der Waals surface area (Å²) in [6.07, 6.45) is 2.39. The van der Waals surface area contributed by atoms with Crippen molar-refractivity contribution in [3.63, 3.8) is 0 Å². The number of pyridine rings is 1. The van der Waals surface area contributed by atoms with E-state index >= 15 is 0 Å². The summed E-state index contributed by atoms with van der Waals surface area (Å²) in [5, 5.41) is 0. The fourth-order valence-corrected chi connectivity index (χ4v) is 1.04. The summed E-state index contributed by atoms with van der Waals surface area (Å²) in [6, 6.07) is 1.16. The molecular weight excluding hydrogens is 185 g/mol. The number of hydrogen-bond acceptors (Lipinski definition) is 3. The first-order valence-electron chi connectivity index (χ1n) is 4.21. The maximum atomic E-state index is 12.7. The van der Waals surface area contributed by atoms with E-state index in [1.807, 2.05) is 0 Å². The third kappa shape index (κ3) is 2.50. The number of halogens is 1. The van der Waals surface area contributed by atoms with Crippen LogP contribution in [0.4, 0.5) is 4.39 Å². The van der Waals surface area contributed by atoms with Gasteiger partial charge in [0.05, 0.1) is 11.8 Å². The van der Waals surface area contributed by atoms with Crippen molar-refractivity contribution in [2.75, 3.05) is 20.1 Å². The first kappa shape index (κ1) is 10.6. The fourth-order valence-electron chi connectivity index (χ4n) is 1.04. The molecule has 1 amide bonds. The molecule has 1 aromatic rings. The maximum absolute atomic E-state index is 12.7. The monoisotopic (exact) mass is 197 g/mol. The average Bonchev–Trinajstić information content (AvgIpc) is 2.17. The first-order chi connectivity index (χ1) is 6.65. The SMILES string of the molecule is CN(CCN)C(=O)c1cncc(F)c1. The van der Waals surface area contributed by atoms with Gasteiger partial charge in [-0.25, -0.2) is 4.39 Å². The second-order valence-electron chi connectivity index (χ2n) is 2.91. The van der Waals surface area contributed by atoms with Crippen molar-refractivity contribution >= 4 is 5.91 Å². The maximum Gasteiger partial charge on any atom is 0.255 e. The van der Waals surface area contributed by atoms with Crippen LogP contribution in [0.3, 0.4) is 0 Å². The molecule has 1 aromatic heterocycles. The fraction of sp³-hybridized carbons (Fsp3) is 0.333. The predicted molar refractivity (Wildman–Crippen MR) is 50.2 cm³/mol. The number of nitrogens with zero attached hydrogens (tertiary/aromatic N) is 2. The van der Waals surface area contributed by atoms with Crippen LogP contribution in [0.15, 0.2) is 18.5 Å². The minimum atomic E-state index is -0.517. The third-order valence-corrected chi connectivity index (χ3v) is 1.76. The Hall–Kier alpha value is -1.49. The molecule has 2 N–H and O–H groups in total. The molecule has 0 unspecified atom stereocenters. The van der Waals surface area contributed by atoms with E-state index in [9.17, 15) is 9.18 Å². The molecule has 5 heteroatoms. The zero-order chi connectivity index (χ0) is 10.6. The highest BCUT2D eigenvalue weighted by Crippen LogP contribution is 2.03. The minimum absolute atomic E-state index is 0.237. The highest BCUT2D eigenvalue weighted by atomic mass is 19.1. The number of aromatic nitrogens is 1. The van der Waals surface area contributed by atoms with E-state index in [1.54, 1.807) is 7.05 Å². The molecule has 0 aliphatic heterocycles. The van der Waals surface area contributed by atoms with Gasteiger partial charge in [0.2, 0.25) is 0 Å². The van der Waals surface area contributed by atoms with E-state index in [-0.39, 0.29) is 11.5 Å². The van der Waals surface area contributed by atoms with Crippen molar-refractivity contribution in [3.05, 3.63) is 29.8 Å². The molecule has 0 bridgehead atoms. The second kappa shape index (κ2) is 4.66. The first-order valence-corrected chi connectivity index (χ1v) is 4.21. The Morgan fingerprint density at radius 3 is 2.93 bits per heavy atom. The number of carbonyl (C=O) groups excluding carboxylic acids is 1. The van der Waals surface area contributed by atoms with Crippen molar-refractivity contribution in [2.24, 2.45) is 5.73 Å². The number of likely N-dealkylation sites (N-methyl/N-ethyl adjacent to an activating group) is 1. The van der Waals surface area contributed by atoms with Gasteiger partial charge in [-0.2, -0.15) is 0 Å². The van der Waals surface area contributed by atoms with Gasteiger partial charge in [-0.05, 0) is 6.07 Å². The predicted octanol–water partition coefficient (Wildman–Crippen LogP) is 0.251. The summed E-state index contributed by atoms with van der Waals surface area (Å²) in [4.78, 5) is 16.6. The van der Waals surface area contributed by atoms with E-state index in [1.165, 1.54) is 11.1 Å². The van der Waals surface area contributed by atoms with Gasteiger partial charge in [-0.1, -0.05) is 0 Å². The van der Waals surface area contributed by atoms with Gasteiger partial charge < -0.3 is 10.6 Å². The van der Waals surface area contributed by atoms with Crippen LogP contribution in [-0.2, 0) is 0 Å². The van der Waals surface area contributed by atoms with Gasteiger partial charge in [0.25, 0.3) is 5.91 Å². The largest absolute Gasteiger partial charge is 0.340 e. The molecule has 76 valence electrons. The van der Waals surface area contributed by atoms with Gasteiger partial charge in [-0.3, -0.25) is 9.78 Å². The molecule has 0 aliphatic carbocycles. The molecule has 0 saturated carbocycles. The molecule has 0 fully saturated rings. The molecule has 0 spiro atoms. The molecule has 0 saturated heterocycles. The summed E-state index contributed by atoms with van der Waals surface area (Å²) < 4.78 is 12.7. The van der Waals surface area contributed by atoms with Crippen LogP contribution in [0.25, 0.3) is 0 Å². The number of hydrogen-bond donors (Lipinski definition) is 1. The Balaban J connectivity index is 2.78. The van der Waals surface area contributed by atoms with Gasteiger partial charge in [0, 0.05) is 26.3 Å². The zero-order valence-corrected chi connectivity index (χ0v) is 7.90. The van der Waals surface area contributed by atoms with Crippen LogP contribution in [0.1, 0.15) is 10.4 Å². The van der Waals surface area contributed by atoms with E-state index < -0.39 is 5.82 Å². The second-order valence-corrected chi connectivity index (χ2v) is 2.91. The lowest BCUT2D eigenvalue weighted by molar-refractivity contribution is 0.0798. The molecule has 14 heavy (non-hydrogen) atoms. The Kier molecular flexibility index (Phi) is 3.53. The van der Waals surface area contributed by atoms with E-state index in [2.05, 4.69) is 4.98 Å². The zero-order valence-electron chi connectivity index (χ0n) is 7.90. The van der Waals surface area contributed by atoms with Gasteiger partial charge in [0.1, 0.15) is 5.82 Å². The normalized spacial score (nSPS) is 9.93. The number of carbonyl (C=O) groups is 1. The van der Waals surface area contributed by atoms with Crippen LogP contribution in [0.2, 0.25) is 0 Å². The highest BCUT2D eigenvalue weighted by Gasteiger charge is 2.11. The van der Waals surface area contributed by atoms with Crippen LogP contribution in [0, 0.1) is 5.82 Å². The molecule has 0 radical (unpaired) electrons. The summed E-state index contributed by atoms with van der Waals surface area (Å²) in [5.74, 6) is -0.792. The summed E-state index contributed by atoms with van der Waals surface area (Å²) in [7, 11) is 1.61. The van der Waals surface area contributed by atoms with Gasteiger partial charge in [-0.15, -0.1) is 0 Å². The van der Waals surface area contributed by atoms with Crippen molar-refractivity contribution in [2.45, 2.75) is 0 Å². The standard InChI is InChI=1S/C9H12FN3O/c1-13(3-2-11)9(14)7-4-8(10)6-12-5-7/h4-6H,2-3,11H2,1H3. The molecule has 0 aromatic carbocycles. The summed E-state index contributed by atoms with van der Waals surface area (Å²) >= 11 is 0. The van der Waals surface area contributed by atoms with Gasteiger partial charge >= 0.3 is 0 Å². The highest BCUT2D eigenvalue weighted by molar-refractivity contribution is 5.93. The van der Waals surface area contributed by atoms with Crippen LogP contribution >= 0.6 is 0 Å². The summed E-state index contributed by atoms with van der Waals surface area (Å²) in [6.45, 7) is 0.820. The molecule has 4 nitrogen and oxygen atoms in total. The van der Waals surface area contributed by atoms with E-state index in [0.717, 1.165) is 12.3 Å².